The second kappa shape index (κ2) is 6.54. The third-order valence-corrected chi connectivity index (χ3v) is 7.37. The monoisotopic (exact) mass is 375 g/mol. The van der Waals surface area contributed by atoms with Crippen molar-refractivity contribution in [1.29, 1.82) is 0 Å². The second-order valence-corrected chi connectivity index (χ2v) is 9.33. The SMILES string of the molecule is NC(N)=NCc1ccccc1-c1ccc(O)c(C23CC4CC(CC(C4)C2)C3)c1. The van der Waals surface area contributed by atoms with Gasteiger partial charge in [0.25, 0.3) is 0 Å². The molecule has 0 atom stereocenters. The number of phenols is 1. The Bertz CT molecular complexity index is 894. The van der Waals surface area contributed by atoms with Gasteiger partial charge in [-0.3, -0.25) is 0 Å². The van der Waals surface area contributed by atoms with Gasteiger partial charge in [0.05, 0.1) is 6.54 Å². The number of phenolic OH excluding ortho intramolecular Hbond substituents is 1. The smallest absolute Gasteiger partial charge is 0.186 e. The topological polar surface area (TPSA) is 84.6 Å². The summed E-state index contributed by atoms with van der Waals surface area (Å²) in [6.45, 7) is 0.464. The van der Waals surface area contributed by atoms with Crippen molar-refractivity contribution < 1.29 is 5.11 Å². The van der Waals surface area contributed by atoms with E-state index in [4.69, 9.17) is 11.5 Å². The van der Waals surface area contributed by atoms with Gasteiger partial charge in [0.15, 0.2) is 5.96 Å². The molecular weight excluding hydrogens is 346 g/mol. The lowest BCUT2D eigenvalue weighted by molar-refractivity contribution is -0.00611. The van der Waals surface area contributed by atoms with Crippen molar-refractivity contribution in [3.05, 3.63) is 53.6 Å². The van der Waals surface area contributed by atoms with Gasteiger partial charge in [0.1, 0.15) is 5.75 Å². The summed E-state index contributed by atoms with van der Waals surface area (Å²) in [4.78, 5) is 4.20. The van der Waals surface area contributed by atoms with E-state index in [0.717, 1.165) is 34.4 Å². The van der Waals surface area contributed by atoms with Crippen LogP contribution in [0.5, 0.6) is 5.75 Å². The fourth-order valence-corrected chi connectivity index (χ4v) is 6.69. The van der Waals surface area contributed by atoms with Crippen LogP contribution in [0.2, 0.25) is 0 Å². The molecular formula is C24H29N3O. The number of benzene rings is 2. The molecule has 2 aromatic carbocycles. The molecule has 6 rings (SSSR count). The van der Waals surface area contributed by atoms with Gasteiger partial charge in [0.2, 0.25) is 0 Å². The zero-order valence-electron chi connectivity index (χ0n) is 16.3. The van der Waals surface area contributed by atoms with Crippen molar-refractivity contribution in [2.24, 2.45) is 34.2 Å². The highest BCUT2D eigenvalue weighted by atomic mass is 16.3. The first-order valence-corrected chi connectivity index (χ1v) is 10.5. The summed E-state index contributed by atoms with van der Waals surface area (Å²) >= 11 is 0. The number of guanidine groups is 1. The first-order chi connectivity index (χ1) is 13.5. The number of aromatic hydroxyl groups is 1. The van der Waals surface area contributed by atoms with Crippen LogP contribution in [0.25, 0.3) is 11.1 Å². The van der Waals surface area contributed by atoms with Crippen LogP contribution in [0, 0.1) is 17.8 Å². The van der Waals surface area contributed by atoms with E-state index in [-0.39, 0.29) is 11.4 Å². The number of aliphatic imine (C=N–C) groups is 1. The summed E-state index contributed by atoms with van der Waals surface area (Å²) < 4.78 is 0. The number of hydrogen-bond donors (Lipinski definition) is 3. The molecule has 4 fully saturated rings. The predicted octanol–water partition coefficient (Wildman–Crippen LogP) is 4.30. The van der Waals surface area contributed by atoms with Crippen LogP contribution < -0.4 is 11.5 Å². The zero-order chi connectivity index (χ0) is 19.3. The van der Waals surface area contributed by atoms with Gasteiger partial charge < -0.3 is 16.6 Å². The molecule has 0 spiro atoms. The minimum Gasteiger partial charge on any atom is -0.508 e. The Labute approximate surface area is 166 Å². The van der Waals surface area contributed by atoms with E-state index in [1.807, 2.05) is 24.3 Å². The molecule has 4 nitrogen and oxygen atoms in total. The van der Waals surface area contributed by atoms with E-state index in [1.165, 1.54) is 44.1 Å². The lowest BCUT2D eigenvalue weighted by Crippen LogP contribution is -2.48. The Morgan fingerprint density at radius 3 is 2.25 bits per heavy atom. The van der Waals surface area contributed by atoms with Crippen LogP contribution in [0.4, 0.5) is 0 Å². The number of hydrogen-bond acceptors (Lipinski definition) is 2. The average Bonchev–Trinajstić information content (AvgIpc) is 2.66. The van der Waals surface area contributed by atoms with Crippen LogP contribution in [-0.4, -0.2) is 11.1 Å². The lowest BCUT2D eigenvalue weighted by atomic mass is 9.48. The highest BCUT2D eigenvalue weighted by Crippen LogP contribution is 2.62. The van der Waals surface area contributed by atoms with Crippen LogP contribution in [0.3, 0.4) is 0 Å². The number of nitrogens with two attached hydrogens (primary N) is 2. The fraction of sp³-hybridized carbons (Fsp3) is 0.458. The Balaban J connectivity index is 1.56. The minimum atomic E-state index is 0.106. The molecule has 4 heteroatoms. The maximum Gasteiger partial charge on any atom is 0.186 e. The van der Waals surface area contributed by atoms with Gasteiger partial charge in [-0.25, -0.2) is 4.99 Å². The van der Waals surface area contributed by atoms with Crippen molar-refractivity contribution in [1.82, 2.24) is 0 Å². The van der Waals surface area contributed by atoms with Crippen molar-refractivity contribution in [3.8, 4) is 16.9 Å². The molecule has 0 amide bonds. The van der Waals surface area contributed by atoms with Crippen molar-refractivity contribution >= 4 is 5.96 Å². The largest absolute Gasteiger partial charge is 0.508 e. The van der Waals surface area contributed by atoms with E-state index in [2.05, 4.69) is 23.2 Å². The van der Waals surface area contributed by atoms with Crippen molar-refractivity contribution in [3.63, 3.8) is 0 Å². The molecule has 5 N–H and O–H groups in total. The normalized spacial score (nSPS) is 30.4. The van der Waals surface area contributed by atoms with Gasteiger partial charge >= 0.3 is 0 Å². The van der Waals surface area contributed by atoms with Gasteiger partial charge in [0, 0.05) is 5.56 Å². The lowest BCUT2D eigenvalue weighted by Gasteiger charge is -2.57. The predicted molar refractivity (Wildman–Crippen MR) is 113 cm³/mol. The summed E-state index contributed by atoms with van der Waals surface area (Å²) in [5, 5.41) is 10.8. The molecule has 0 heterocycles. The molecule has 28 heavy (non-hydrogen) atoms. The van der Waals surface area contributed by atoms with Crippen molar-refractivity contribution in [2.75, 3.05) is 0 Å². The van der Waals surface area contributed by atoms with Crippen molar-refractivity contribution in [2.45, 2.75) is 50.5 Å². The van der Waals surface area contributed by atoms with Gasteiger partial charge in [-0.2, -0.15) is 0 Å². The molecule has 4 aliphatic carbocycles. The standard InChI is InChI=1S/C24H29N3O/c25-23(26)27-14-19-3-1-2-4-20(19)18-5-6-22(28)21(10-18)24-11-15-7-16(12-24)9-17(8-15)13-24/h1-6,10,15-17,28H,7-9,11-14H2,(H4,25,26,27). The molecule has 2 aromatic rings. The maximum absolute atomic E-state index is 10.8. The van der Waals surface area contributed by atoms with E-state index in [1.54, 1.807) is 0 Å². The van der Waals surface area contributed by atoms with Crippen LogP contribution >= 0.6 is 0 Å². The second-order valence-electron chi connectivity index (χ2n) is 9.33. The molecule has 4 aliphatic rings. The van der Waals surface area contributed by atoms with E-state index in [0.29, 0.717) is 12.3 Å². The third-order valence-electron chi connectivity index (χ3n) is 7.37. The summed E-state index contributed by atoms with van der Waals surface area (Å²) in [5.74, 6) is 3.12. The first-order valence-electron chi connectivity index (χ1n) is 10.5. The summed E-state index contributed by atoms with van der Waals surface area (Å²) in [7, 11) is 0. The zero-order valence-corrected chi connectivity index (χ0v) is 16.3. The Kier molecular flexibility index (Phi) is 4.11. The van der Waals surface area contributed by atoms with Gasteiger partial charge in [-0.15, -0.1) is 0 Å². The Morgan fingerprint density at radius 2 is 1.61 bits per heavy atom. The average molecular weight is 376 g/mol. The van der Waals surface area contributed by atoms with E-state index in [9.17, 15) is 5.11 Å². The minimum absolute atomic E-state index is 0.106. The maximum atomic E-state index is 10.8. The van der Waals surface area contributed by atoms with E-state index >= 15 is 0 Å². The fourth-order valence-electron chi connectivity index (χ4n) is 6.69. The summed E-state index contributed by atoms with van der Waals surface area (Å²) in [6.07, 6.45) is 7.94. The number of rotatable bonds is 4. The summed E-state index contributed by atoms with van der Waals surface area (Å²) in [5.41, 5.74) is 15.8. The first kappa shape index (κ1) is 17.6. The molecule has 4 saturated carbocycles. The Morgan fingerprint density at radius 1 is 0.964 bits per heavy atom. The molecule has 146 valence electrons. The van der Waals surface area contributed by atoms with E-state index < -0.39 is 0 Å². The van der Waals surface area contributed by atoms with Gasteiger partial charge in [-0.05, 0) is 90.5 Å². The highest BCUT2D eigenvalue weighted by Gasteiger charge is 2.52. The third kappa shape index (κ3) is 2.95. The molecule has 4 bridgehead atoms. The highest BCUT2D eigenvalue weighted by molar-refractivity contribution is 5.76. The Hall–Kier alpha value is -2.49. The van der Waals surface area contributed by atoms with Crippen LogP contribution in [0.15, 0.2) is 47.5 Å². The molecule has 0 aromatic heterocycles. The van der Waals surface area contributed by atoms with Gasteiger partial charge in [-0.1, -0.05) is 30.3 Å². The van der Waals surface area contributed by atoms with Crippen LogP contribution in [-0.2, 0) is 12.0 Å². The summed E-state index contributed by atoms with van der Waals surface area (Å²) in [6, 6.07) is 14.4. The molecule has 0 aliphatic heterocycles. The van der Waals surface area contributed by atoms with Crippen LogP contribution in [0.1, 0.15) is 49.7 Å². The number of nitrogens with zero attached hydrogens (tertiary/aromatic N) is 1. The quantitative estimate of drug-likeness (QED) is 0.550. The molecule has 0 saturated heterocycles. The molecule has 0 radical (unpaired) electrons. The molecule has 0 unspecified atom stereocenters.